The van der Waals surface area contributed by atoms with Crippen LogP contribution in [0.1, 0.15) is 11.3 Å². The summed E-state index contributed by atoms with van der Waals surface area (Å²) in [6, 6.07) is 11.3. The first kappa shape index (κ1) is 12.8. The van der Waals surface area contributed by atoms with Gasteiger partial charge in [0.05, 0.1) is 6.42 Å². The SMILES string of the molecule is Cc1cc(NC(=O)Cc2ccccn2)ccc1Br. The summed E-state index contributed by atoms with van der Waals surface area (Å²) in [6.07, 6.45) is 1.97. The molecule has 2 aromatic rings. The molecule has 0 saturated carbocycles. The number of carbonyl (C=O) groups excluding carboxylic acids is 1. The predicted octanol–water partition coefficient (Wildman–Crippen LogP) is 3.33. The number of benzene rings is 1. The van der Waals surface area contributed by atoms with Gasteiger partial charge in [-0.1, -0.05) is 22.0 Å². The number of hydrogen-bond acceptors (Lipinski definition) is 2. The lowest BCUT2D eigenvalue weighted by molar-refractivity contribution is -0.115. The second-order valence-electron chi connectivity index (χ2n) is 4.01. The topological polar surface area (TPSA) is 42.0 Å². The van der Waals surface area contributed by atoms with E-state index < -0.39 is 0 Å². The third kappa shape index (κ3) is 3.40. The summed E-state index contributed by atoms with van der Waals surface area (Å²) < 4.78 is 1.03. The highest BCUT2D eigenvalue weighted by atomic mass is 79.9. The number of nitrogens with one attached hydrogen (secondary N) is 1. The highest BCUT2D eigenvalue weighted by Gasteiger charge is 2.05. The van der Waals surface area contributed by atoms with Crippen LogP contribution in [-0.2, 0) is 11.2 Å². The first-order valence-electron chi connectivity index (χ1n) is 5.61. The van der Waals surface area contributed by atoms with Crippen LogP contribution in [0.2, 0.25) is 0 Å². The quantitative estimate of drug-likeness (QED) is 0.945. The molecule has 0 aliphatic heterocycles. The molecular formula is C14H13BrN2O. The average Bonchev–Trinajstić information content (AvgIpc) is 2.35. The lowest BCUT2D eigenvalue weighted by Gasteiger charge is -2.06. The van der Waals surface area contributed by atoms with Crippen LogP contribution in [0, 0.1) is 6.92 Å². The van der Waals surface area contributed by atoms with Crippen LogP contribution in [-0.4, -0.2) is 10.9 Å². The van der Waals surface area contributed by atoms with Gasteiger partial charge < -0.3 is 5.32 Å². The van der Waals surface area contributed by atoms with Gasteiger partial charge in [-0.2, -0.15) is 0 Å². The minimum atomic E-state index is -0.0598. The molecule has 1 amide bonds. The molecule has 0 spiro atoms. The maximum Gasteiger partial charge on any atom is 0.230 e. The average molecular weight is 305 g/mol. The van der Waals surface area contributed by atoms with Crippen molar-refractivity contribution in [2.45, 2.75) is 13.3 Å². The zero-order valence-corrected chi connectivity index (χ0v) is 11.6. The number of rotatable bonds is 3. The Balaban J connectivity index is 2.01. The van der Waals surface area contributed by atoms with Crippen LogP contribution in [0.25, 0.3) is 0 Å². The molecule has 0 bridgehead atoms. The monoisotopic (exact) mass is 304 g/mol. The van der Waals surface area contributed by atoms with E-state index in [0.717, 1.165) is 21.4 Å². The zero-order valence-electron chi connectivity index (χ0n) is 9.98. The number of halogens is 1. The predicted molar refractivity (Wildman–Crippen MR) is 75.4 cm³/mol. The Morgan fingerprint density at radius 2 is 2.17 bits per heavy atom. The molecule has 1 N–H and O–H groups in total. The largest absolute Gasteiger partial charge is 0.326 e. The number of pyridine rings is 1. The summed E-state index contributed by atoms with van der Waals surface area (Å²) in [4.78, 5) is 15.9. The molecule has 0 saturated heterocycles. The van der Waals surface area contributed by atoms with E-state index in [1.54, 1.807) is 6.20 Å². The molecule has 0 fully saturated rings. The number of aromatic nitrogens is 1. The van der Waals surface area contributed by atoms with E-state index >= 15 is 0 Å². The van der Waals surface area contributed by atoms with Crippen LogP contribution in [0.3, 0.4) is 0 Å². The highest BCUT2D eigenvalue weighted by Crippen LogP contribution is 2.20. The normalized spacial score (nSPS) is 10.1. The van der Waals surface area contributed by atoms with Crippen molar-refractivity contribution in [2.24, 2.45) is 0 Å². The van der Waals surface area contributed by atoms with E-state index in [-0.39, 0.29) is 12.3 Å². The first-order chi connectivity index (χ1) is 8.65. The fourth-order valence-corrected chi connectivity index (χ4v) is 1.84. The molecule has 0 radical (unpaired) electrons. The van der Waals surface area contributed by atoms with E-state index in [1.807, 2.05) is 43.3 Å². The Morgan fingerprint density at radius 1 is 1.33 bits per heavy atom. The van der Waals surface area contributed by atoms with Crippen molar-refractivity contribution in [3.05, 3.63) is 58.3 Å². The van der Waals surface area contributed by atoms with Gasteiger partial charge in [0.1, 0.15) is 0 Å². The van der Waals surface area contributed by atoms with E-state index in [9.17, 15) is 4.79 Å². The molecule has 2 rings (SSSR count). The Labute approximate surface area is 114 Å². The highest BCUT2D eigenvalue weighted by molar-refractivity contribution is 9.10. The summed E-state index contributed by atoms with van der Waals surface area (Å²) in [5.74, 6) is -0.0598. The van der Waals surface area contributed by atoms with Crippen molar-refractivity contribution in [3.63, 3.8) is 0 Å². The second-order valence-corrected chi connectivity index (χ2v) is 4.86. The lowest BCUT2D eigenvalue weighted by atomic mass is 10.2. The van der Waals surface area contributed by atoms with E-state index in [0.29, 0.717) is 0 Å². The molecular weight excluding hydrogens is 292 g/mol. The summed E-state index contributed by atoms with van der Waals surface area (Å²) in [5, 5.41) is 2.86. The van der Waals surface area contributed by atoms with Crippen molar-refractivity contribution >= 4 is 27.5 Å². The lowest BCUT2D eigenvalue weighted by Crippen LogP contribution is -2.15. The third-order valence-electron chi connectivity index (χ3n) is 2.51. The van der Waals surface area contributed by atoms with Crippen LogP contribution < -0.4 is 5.32 Å². The standard InChI is InChI=1S/C14H13BrN2O/c1-10-8-12(5-6-13(10)15)17-14(18)9-11-4-2-3-7-16-11/h2-8H,9H2,1H3,(H,17,18). The Hall–Kier alpha value is -1.68. The van der Waals surface area contributed by atoms with E-state index in [2.05, 4.69) is 26.2 Å². The fraction of sp³-hybridized carbons (Fsp3) is 0.143. The Kier molecular flexibility index (Phi) is 4.10. The molecule has 0 aliphatic rings. The molecule has 18 heavy (non-hydrogen) atoms. The van der Waals surface area contributed by atoms with Gasteiger partial charge in [-0.3, -0.25) is 9.78 Å². The summed E-state index contributed by atoms with van der Waals surface area (Å²) in [7, 11) is 0. The second kappa shape index (κ2) is 5.78. The van der Waals surface area contributed by atoms with Gasteiger partial charge in [0.15, 0.2) is 0 Å². The van der Waals surface area contributed by atoms with Crippen molar-refractivity contribution in [1.82, 2.24) is 4.98 Å². The molecule has 0 unspecified atom stereocenters. The Bertz CT molecular complexity index is 555. The van der Waals surface area contributed by atoms with Crippen LogP contribution in [0.5, 0.6) is 0 Å². The van der Waals surface area contributed by atoms with Gasteiger partial charge in [0, 0.05) is 22.1 Å². The molecule has 1 heterocycles. The van der Waals surface area contributed by atoms with Gasteiger partial charge in [-0.05, 0) is 42.8 Å². The van der Waals surface area contributed by atoms with Crippen molar-refractivity contribution in [2.75, 3.05) is 5.32 Å². The van der Waals surface area contributed by atoms with Gasteiger partial charge in [-0.25, -0.2) is 0 Å². The van der Waals surface area contributed by atoms with Crippen LogP contribution in [0.15, 0.2) is 47.1 Å². The summed E-state index contributed by atoms with van der Waals surface area (Å²) in [6.45, 7) is 1.98. The molecule has 3 nitrogen and oxygen atoms in total. The van der Waals surface area contributed by atoms with E-state index in [1.165, 1.54) is 0 Å². The Morgan fingerprint density at radius 3 is 2.83 bits per heavy atom. The fourth-order valence-electron chi connectivity index (χ4n) is 1.59. The van der Waals surface area contributed by atoms with E-state index in [4.69, 9.17) is 0 Å². The summed E-state index contributed by atoms with van der Waals surface area (Å²) in [5.41, 5.74) is 2.66. The number of amides is 1. The minimum Gasteiger partial charge on any atom is -0.326 e. The molecule has 4 heteroatoms. The van der Waals surface area contributed by atoms with Crippen molar-refractivity contribution < 1.29 is 4.79 Å². The van der Waals surface area contributed by atoms with Gasteiger partial charge in [-0.15, -0.1) is 0 Å². The van der Waals surface area contributed by atoms with Crippen molar-refractivity contribution in [1.29, 1.82) is 0 Å². The smallest absolute Gasteiger partial charge is 0.230 e. The maximum absolute atomic E-state index is 11.8. The number of aryl methyl sites for hydroxylation is 1. The third-order valence-corrected chi connectivity index (χ3v) is 3.40. The first-order valence-corrected chi connectivity index (χ1v) is 6.40. The van der Waals surface area contributed by atoms with Gasteiger partial charge in [0.25, 0.3) is 0 Å². The van der Waals surface area contributed by atoms with Gasteiger partial charge in [0.2, 0.25) is 5.91 Å². The molecule has 1 aromatic heterocycles. The number of carbonyl (C=O) groups is 1. The maximum atomic E-state index is 11.8. The number of anilines is 1. The number of hydrogen-bond donors (Lipinski definition) is 1. The van der Waals surface area contributed by atoms with Gasteiger partial charge >= 0.3 is 0 Å². The molecule has 0 atom stereocenters. The van der Waals surface area contributed by atoms with Crippen molar-refractivity contribution in [3.8, 4) is 0 Å². The molecule has 92 valence electrons. The molecule has 0 aliphatic carbocycles. The zero-order chi connectivity index (χ0) is 13.0. The summed E-state index contributed by atoms with van der Waals surface area (Å²) >= 11 is 3.43. The van der Waals surface area contributed by atoms with Crippen LogP contribution >= 0.6 is 15.9 Å². The van der Waals surface area contributed by atoms with Crippen LogP contribution in [0.4, 0.5) is 5.69 Å². The minimum absolute atomic E-state index is 0.0598. The molecule has 1 aromatic carbocycles. The number of nitrogens with zero attached hydrogens (tertiary/aromatic N) is 1.